The Morgan fingerprint density at radius 1 is 0.769 bits per heavy atom. The third kappa shape index (κ3) is 7.71. The highest BCUT2D eigenvalue weighted by molar-refractivity contribution is 6.13. The molecule has 39 heavy (non-hydrogen) atoms. The average molecular weight is 524 g/mol. The van der Waals surface area contributed by atoms with Gasteiger partial charge in [0, 0.05) is 28.7 Å². The molecule has 0 saturated carbocycles. The van der Waals surface area contributed by atoms with Crippen molar-refractivity contribution in [2.75, 3.05) is 6.61 Å². The fourth-order valence-corrected chi connectivity index (χ4v) is 4.06. The number of benzene rings is 4. The number of rotatable bonds is 12. The molecule has 0 spiro atoms. The lowest BCUT2D eigenvalue weighted by molar-refractivity contribution is -0.144. The highest BCUT2D eigenvalue weighted by Gasteiger charge is 2.22. The SMILES string of the molecule is CCOC(=O)[C@@H](CCC(=O)c1ccc(OCc2ccccc2F)cc1)N=C(c1ccccc1)c1ccccc1. The van der Waals surface area contributed by atoms with Gasteiger partial charge in [-0.3, -0.25) is 9.79 Å². The van der Waals surface area contributed by atoms with Crippen LogP contribution in [0.1, 0.15) is 46.8 Å². The van der Waals surface area contributed by atoms with E-state index >= 15 is 0 Å². The summed E-state index contributed by atoms with van der Waals surface area (Å²) < 4.78 is 24.8. The van der Waals surface area contributed by atoms with E-state index in [0.29, 0.717) is 22.6 Å². The van der Waals surface area contributed by atoms with Crippen molar-refractivity contribution in [2.24, 2.45) is 4.99 Å². The van der Waals surface area contributed by atoms with Gasteiger partial charge in [0.05, 0.1) is 12.3 Å². The fraction of sp³-hybridized carbons (Fsp3) is 0.182. The smallest absolute Gasteiger partial charge is 0.330 e. The second kappa shape index (κ2) is 13.8. The lowest BCUT2D eigenvalue weighted by atomic mass is 10.00. The molecule has 0 radical (unpaired) electrons. The van der Waals surface area contributed by atoms with Crippen LogP contribution in [0, 0.1) is 5.82 Å². The lowest BCUT2D eigenvalue weighted by Gasteiger charge is -2.15. The van der Waals surface area contributed by atoms with Gasteiger partial charge in [0.15, 0.2) is 5.78 Å². The Morgan fingerprint density at radius 3 is 1.95 bits per heavy atom. The Morgan fingerprint density at radius 2 is 1.36 bits per heavy atom. The zero-order chi connectivity index (χ0) is 27.5. The number of carbonyl (C=O) groups is 2. The summed E-state index contributed by atoms with van der Waals surface area (Å²) in [5, 5.41) is 0. The molecule has 0 saturated heterocycles. The number of ether oxygens (including phenoxy) is 2. The van der Waals surface area contributed by atoms with Crippen molar-refractivity contribution in [3.8, 4) is 5.75 Å². The van der Waals surface area contributed by atoms with Gasteiger partial charge in [-0.05, 0) is 43.7 Å². The third-order valence-corrected chi connectivity index (χ3v) is 6.11. The predicted octanol–water partition coefficient (Wildman–Crippen LogP) is 6.84. The van der Waals surface area contributed by atoms with E-state index in [0.717, 1.165) is 11.1 Å². The number of Topliss-reactive ketones (excluding diaryl/α,β-unsaturated/α-hetero) is 1. The summed E-state index contributed by atoms with van der Waals surface area (Å²) in [6.45, 7) is 2.05. The van der Waals surface area contributed by atoms with Gasteiger partial charge in [0.25, 0.3) is 0 Å². The number of esters is 1. The summed E-state index contributed by atoms with van der Waals surface area (Å²) in [4.78, 5) is 30.7. The Hall–Kier alpha value is -4.58. The van der Waals surface area contributed by atoms with E-state index in [-0.39, 0.29) is 37.7 Å². The van der Waals surface area contributed by atoms with Gasteiger partial charge in [-0.25, -0.2) is 9.18 Å². The molecule has 4 aromatic rings. The summed E-state index contributed by atoms with van der Waals surface area (Å²) in [6.07, 6.45) is 0.311. The maximum Gasteiger partial charge on any atom is 0.330 e. The Balaban J connectivity index is 1.47. The average Bonchev–Trinajstić information content (AvgIpc) is 2.98. The molecule has 0 unspecified atom stereocenters. The highest BCUT2D eigenvalue weighted by Crippen LogP contribution is 2.19. The minimum absolute atomic E-state index is 0.0877. The predicted molar refractivity (Wildman–Crippen MR) is 150 cm³/mol. The summed E-state index contributed by atoms with van der Waals surface area (Å²) in [5.74, 6) is -0.391. The minimum atomic E-state index is -0.840. The van der Waals surface area contributed by atoms with Crippen molar-refractivity contribution >= 4 is 17.5 Å². The second-order valence-corrected chi connectivity index (χ2v) is 8.84. The molecule has 0 amide bonds. The molecule has 0 aliphatic rings. The molecule has 0 heterocycles. The monoisotopic (exact) mass is 523 g/mol. The number of halogens is 1. The van der Waals surface area contributed by atoms with Crippen molar-refractivity contribution in [1.29, 1.82) is 0 Å². The first-order valence-corrected chi connectivity index (χ1v) is 12.9. The first-order chi connectivity index (χ1) is 19.0. The van der Waals surface area contributed by atoms with Crippen molar-refractivity contribution in [1.82, 2.24) is 0 Å². The van der Waals surface area contributed by atoms with Crippen molar-refractivity contribution in [2.45, 2.75) is 32.4 Å². The molecule has 0 aromatic heterocycles. The van der Waals surface area contributed by atoms with E-state index in [1.807, 2.05) is 60.7 Å². The third-order valence-electron chi connectivity index (χ3n) is 6.11. The number of hydrogen-bond acceptors (Lipinski definition) is 5. The Bertz CT molecular complexity index is 1360. The quantitative estimate of drug-likeness (QED) is 0.116. The molecule has 0 aliphatic carbocycles. The van der Waals surface area contributed by atoms with Gasteiger partial charge in [0.2, 0.25) is 0 Å². The van der Waals surface area contributed by atoms with Gasteiger partial charge in [-0.1, -0.05) is 78.9 Å². The summed E-state index contributed by atoms with van der Waals surface area (Å²) in [6, 6.07) is 31.5. The van der Waals surface area contributed by atoms with Crippen molar-refractivity contribution in [3.05, 3.63) is 137 Å². The van der Waals surface area contributed by atoms with Gasteiger partial charge in [-0.15, -0.1) is 0 Å². The van der Waals surface area contributed by atoms with Gasteiger partial charge >= 0.3 is 5.97 Å². The van der Waals surface area contributed by atoms with E-state index in [4.69, 9.17) is 14.5 Å². The van der Waals surface area contributed by atoms with Crippen LogP contribution in [-0.4, -0.2) is 30.1 Å². The molecule has 5 nitrogen and oxygen atoms in total. The normalized spacial score (nSPS) is 11.3. The molecule has 4 rings (SSSR count). The Labute approximate surface area is 227 Å². The van der Waals surface area contributed by atoms with Gasteiger partial charge < -0.3 is 9.47 Å². The standard InChI is InChI=1S/C33H30FNO4/c1-2-38-33(37)30(35-32(25-11-5-3-6-12-25)26-13-7-4-8-14-26)21-22-31(36)24-17-19-28(20-18-24)39-23-27-15-9-10-16-29(27)34/h3-20,30H,2,21-23H2,1H3/t30-/m1/s1. The topological polar surface area (TPSA) is 65.0 Å². The molecule has 0 aliphatic heterocycles. The van der Waals surface area contributed by atoms with Crippen LogP contribution in [-0.2, 0) is 16.1 Å². The molecular weight excluding hydrogens is 493 g/mol. The van der Waals surface area contributed by atoms with E-state index in [2.05, 4.69) is 0 Å². The molecule has 1 atom stereocenters. The molecular formula is C33H30FNO4. The summed E-state index contributed by atoms with van der Waals surface area (Å²) in [7, 11) is 0. The van der Waals surface area contributed by atoms with Crippen molar-refractivity contribution < 1.29 is 23.5 Å². The van der Waals surface area contributed by atoms with Crippen LogP contribution in [0.3, 0.4) is 0 Å². The van der Waals surface area contributed by atoms with E-state index in [1.165, 1.54) is 6.07 Å². The number of ketones is 1. The molecule has 6 heteroatoms. The van der Waals surface area contributed by atoms with E-state index in [1.54, 1.807) is 49.4 Å². The fourth-order valence-electron chi connectivity index (χ4n) is 4.06. The summed E-state index contributed by atoms with van der Waals surface area (Å²) in [5.41, 5.74) is 3.35. The number of aliphatic imine (C=N–C) groups is 1. The van der Waals surface area contributed by atoms with Crippen LogP contribution in [0.15, 0.2) is 114 Å². The maximum absolute atomic E-state index is 13.8. The molecule has 0 fully saturated rings. The zero-order valence-electron chi connectivity index (χ0n) is 21.8. The van der Waals surface area contributed by atoms with Crippen LogP contribution in [0.2, 0.25) is 0 Å². The Kier molecular flexibility index (Phi) is 9.73. The zero-order valence-corrected chi connectivity index (χ0v) is 21.8. The van der Waals surface area contributed by atoms with Gasteiger partial charge in [-0.2, -0.15) is 0 Å². The lowest BCUT2D eigenvalue weighted by Crippen LogP contribution is -2.25. The van der Waals surface area contributed by atoms with Crippen molar-refractivity contribution in [3.63, 3.8) is 0 Å². The molecule has 0 N–H and O–H groups in total. The van der Waals surface area contributed by atoms with Crippen LogP contribution < -0.4 is 4.74 Å². The molecule has 198 valence electrons. The summed E-state index contributed by atoms with van der Waals surface area (Å²) >= 11 is 0. The minimum Gasteiger partial charge on any atom is -0.489 e. The largest absolute Gasteiger partial charge is 0.489 e. The van der Waals surface area contributed by atoms with Gasteiger partial charge in [0.1, 0.15) is 24.2 Å². The second-order valence-electron chi connectivity index (χ2n) is 8.84. The van der Waals surface area contributed by atoms with Crippen LogP contribution in [0.5, 0.6) is 5.75 Å². The number of nitrogens with zero attached hydrogens (tertiary/aromatic N) is 1. The molecule has 4 aromatic carbocycles. The maximum atomic E-state index is 13.8. The number of hydrogen-bond donors (Lipinski definition) is 0. The molecule has 0 bridgehead atoms. The highest BCUT2D eigenvalue weighted by atomic mass is 19.1. The van der Waals surface area contributed by atoms with Crippen LogP contribution >= 0.6 is 0 Å². The number of carbonyl (C=O) groups excluding carboxylic acids is 2. The van der Waals surface area contributed by atoms with E-state index < -0.39 is 12.0 Å². The first-order valence-electron chi connectivity index (χ1n) is 12.9. The first kappa shape index (κ1) is 27.5. The van der Waals surface area contributed by atoms with E-state index in [9.17, 15) is 14.0 Å². The van der Waals surface area contributed by atoms with Crippen LogP contribution in [0.4, 0.5) is 4.39 Å². The van der Waals surface area contributed by atoms with Crippen LogP contribution in [0.25, 0.3) is 0 Å².